The first-order valence-electron chi connectivity index (χ1n) is 4.10. The zero-order valence-corrected chi connectivity index (χ0v) is 8.68. The molecule has 6 heteroatoms. The van der Waals surface area contributed by atoms with Gasteiger partial charge in [-0.15, -0.1) is 0 Å². The van der Waals surface area contributed by atoms with Gasteiger partial charge in [0.05, 0.1) is 24.8 Å². The summed E-state index contributed by atoms with van der Waals surface area (Å²) in [6, 6.07) is 0.271. The standard InChI is InChI=1S/C9H10ClF2NO2/c1-15-9-4(6(13)3-14)2-5(10)7(11)8(9)12/h2,6,14H,3,13H2,1H3. The second-order valence-corrected chi connectivity index (χ2v) is 3.31. The van der Waals surface area contributed by atoms with Gasteiger partial charge in [0.15, 0.2) is 11.6 Å². The summed E-state index contributed by atoms with van der Waals surface area (Å²) in [6.07, 6.45) is 0. The Bertz CT molecular complexity index is 374. The minimum absolute atomic E-state index is 0.129. The normalized spacial score (nSPS) is 12.7. The van der Waals surface area contributed by atoms with Crippen LogP contribution < -0.4 is 10.5 Å². The number of halogens is 3. The predicted octanol–water partition coefficient (Wildman–Crippen LogP) is 1.62. The van der Waals surface area contributed by atoms with E-state index in [9.17, 15) is 8.78 Å². The third-order valence-corrected chi connectivity index (χ3v) is 2.22. The molecule has 0 aliphatic rings. The summed E-state index contributed by atoms with van der Waals surface area (Å²) >= 11 is 5.44. The van der Waals surface area contributed by atoms with Crippen LogP contribution >= 0.6 is 11.6 Å². The van der Waals surface area contributed by atoms with Crippen LogP contribution in [0.15, 0.2) is 6.07 Å². The largest absolute Gasteiger partial charge is 0.493 e. The van der Waals surface area contributed by atoms with E-state index in [-0.39, 0.29) is 11.3 Å². The van der Waals surface area contributed by atoms with Crippen LogP contribution in [0.2, 0.25) is 5.02 Å². The Morgan fingerprint density at radius 2 is 2.13 bits per heavy atom. The molecule has 0 amide bonds. The highest BCUT2D eigenvalue weighted by molar-refractivity contribution is 6.30. The zero-order chi connectivity index (χ0) is 11.6. The number of aliphatic hydroxyl groups excluding tert-OH is 1. The lowest BCUT2D eigenvalue weighted by Gasteiger charge is -2.15. The molecular formula is C9H10ClF2NO2. The highest BCUT2D eigenvalue weighted by Gasteiger charge is 2.21. The van der Waals surface area contributed by atoms with Crippen molar-refractivity contribution in [2.75, 3.05) is 13.7 Å². The fourth-order valence-electron chi connectivity index (χ4n) is 1.18. The Morgan fingerprint density at radius 3 is 2.60 bits per heavy atom. The van der Waals surface area contributed by atoms with Gasteiger partial charge in [-0.3, -0.25) is 0 Å². The summed E-state index contributed by atoms with van der Waals surface area (Å²) in [7, 11) is 1.18. The van der Waals surface area contributed by atoms with Crippen LogP contribution in [-0.2, 0) is 0 Å². The van der Waals surface area contributed by atoms with Gasteiger partial charge in [0.1, 0.15) is 0 Å². The second-order valence-electron chi connectivity index (χ2n) is 2.90. The van der Waals surface area contributed by atoms with E-state index in [4.69, 9.17) is 22.4 Å². The van der Waals surface area contributed by atoms with Crippen LogP contribution in [-0.4, -0.2) is 18.8 Å². The van der Waals surface area contributed by atoms with Crippen molar-refractivity contribution in [3.63, 3.8) is 0 Å². The third-order valence-electron chi connectivity index (χ3n) is 1.95. The van der Waals surface area contributed by atoms with Crippen molar-refractivity contribution in [1.29, 1.82) is 0 Å². The molecule has 0 aliphatic carbocycles. The van der Waals surface area contributed by atoms with Crippen molar-refractivity contribution >= 4 is 11.6 Å². The molecule has 0 radical (unpaired) electrons. The number of methoxy groups -OCH3 is 1. The minimum atomic E-state index is -1.20. The summed E-state index contributed by atoms with van der Waals surface area (Å²) in [6.45, 7) is -0.419. The fraction of sp³-hybridized carbons (Fsp3) is 0.333. The monoisotopic (exact) mass is 237 g/mol. The smallest absolute Gasteiger partial charge is 0.202 e. The molecule has 1 rings (SSSR count). The molecule has 0 aliphatic heterocycles. The van der Waals surface area contributed by atoms with E-state index < -0.39 is 29.3 Å². The molecule has 0 saturated heterocycles. The summed E-state index contributed by atoms with van der Waals surface area (Å²) in [5.41, 5.74) is 5.61. The predicted molar refractivity (Wildman–Crippen MR) is 51.9 cm³/mol. The third kappa shape index (κ3) is 2.19. The van der Waals surface area contributed by atoms with Gasteiger partial charge in [-0.25, -0.2) is 4.39 Å². The molecule has 0 bridgehead atoms. The lowest BCUT2D eigenvalue weighted by molar-refractivity contribution is 0.262. The number of nitrogens with two attached hydrogens (primary N) is 1. The summed E-state index contributed by atoms with van der Waals surface area (Å²) in [5.74, 6) is -2.73. The van der Waals surface area contributed by atoms with E-state index in [1.54, 1.807) is 0 Å². The van der Waals surface area contributed by atoms with Crippen LogP contribution in [0.1, 0.15) is 11.6 Å². The van der Waals surface area contributed by atoms with E-state index in [0.29, 0.717) is 0 Å². The lowest BCUT2D eigenvalue weighted by atomic mass is 10.1. The summed E-state index contributed by atoms with van der Waals surface area (Å²) in [4.78, 5) is 0. The fourth-order valence-corrected chi connectivity index (χ4v) is 1.38. The van der Waals surface area contributed by atoms with Crippen molar-refractivity contribution in [3.8, 4) is 5.75 Å². The lowest BCUT2D eigenvalue weighted by Crippen LogP contribution is -2.16. The van der Waals surface area contributed by atoms with Crippen LogP contribution in [0.4, 0.5) is 8.78 Å². The quantitative estimate of drug-likeness (QED) is 0.786. The maximum Gasteiger partial charge on any atom is 0.202 e. The van der Waals surface area contributed by atoms with E-state index in [1.807, 2.05) is 0 Å². The first-order chi connectivity index (χ1) is 7.02. The van der Waals surface area contributed by atoms with E-state index in [0.717, 1.165) is 6.07 Å². The molecule has 1 aromatic rings. The van der Waals surface area contributed by atoms with E-state index in [1.165, 1.54) is 7.11 Å². The molecule has 3 N–H and O–H groups in total. The molecule has 0 saturated carbocycles. The average molecular weight is 238 g/mol. The van der Waals surface area contributed by atoms with Gasteiger partial charge in [0.2, 0.25) is 5.82 Å². The Hall–Kier alpha value is -0.910. The van der Waals surface area contributed by atoms with Gasteiger partial charge in [0.25, 0.3) is 0 Å². The van der Waals surface area contributed by atoms with Gasteiger partial charge in [-0.1, -0.05) is 11.6 Å². The van der Waals surface area contributed by atoms with Gasteiger partial charge in [-0.2, -0.15) is 4.39 Å². The first-order valence-corrected chi connectivity index (χ1v) is 4.48. The number of hydrogen-bond donors (Lipinski definition) is 2. The highest BCUT2D eigenvalue weighted by Crippen LogP contribution is 2.33. The summed E-state index contributed by atoms with van der Waals surface area (Å²) < 4.78 is 31.0. The molecule has 0 fully saturated rings. The van der Waals surface area contributed by atoms with Crippen LogP contribution in [0.3, 0.4) is 0 Å². The Morgan fingerprint density at radius 1 is 1.53 bits per heavy atom. The van der Waals surface area contributed by atoms with Crippen LogP contribution in [0.25, 0.3) is 0 Å². The van der Waals surface area contributed by atoms with E-state index >= 15 is 0 Å². The Labute approximate surface area is 90.4 Å². The van der Waals surface area contributed by atoms with Crippen LogP contribution in [0, 0.1) is 11.6 Å². The zero-order valence-electron chi connectivity index (χ0n) is 7.93. The van der Waals surface area contributed by atoms with E-state index in [2.05, 4.69) is 4.74 Å². The SMILES string of the molecule is COc1c(C(N)CO)cc(Cl)c(F)c1F. The first kappa shape index (κ1) is 12.2. The Kier molecular flexibility index (Phi) is 3.84. The highest BCUT2D eigenvalue weighted by atomic mass is 35.5. The molecule has 84 valence electrons. The van der Waals surface area contributed by atoms with Crippen molar-refractivity contribution in [1.82, 2.24) is 0 Å². The molecular weight excluding hydrogens is 228 g/mol. The number of rotatable bonds is 3. The van der Waals surface area contributed by atoms with Gasteiger partial charge < -0.3 is 15.6 Å². The van der Waals surface area contributed by atoms with Crippen molar-refractivity contribution in [2.24, 2.45) is 5.73 Å². The van der Waals surface area contributed by atoms with Gasteiger partial charge in [-0.05, 0) is 6.07 Å². The number of hydrogen-bond acceptors (Lipinski definition) is 3. The topological polar surface area (TPSA) is 55.5 Å². The molecule has 0 aromatic heterocycles. The molecule has 0 spiro atoms. The molecule has 1 unspecified atom stereocenters. The van der Waals surface area contributed by atoms with Crippen molar-refractivity contribution in [2.45, 2.75) is 6.04 Å². The molecule has 3 nitrogen and oxygen atoms in total. The maximum absolute atomic E-state index is 13.3. The van der Waals surface area contributed by atoms with Gasteiger partial charge >= 0.3 is 0 Å². The van der Waals surface area contributed by atoms with Crippen LogP contribution in [0.5, 0.6) is 5.75 Å². The molecule has 0 heterocycles. The van der Waals surface area contributed by atoms with Gasteiger partial charge in [0, 0.05) is 5.56 Å². The molecule has 1 aromatic carbocycles. The Balaban J connectivity index is 3.38. The number of aliphatic hydroxyl groups is 1. The number of ether oxygens (including phenoxy) is 1. The molecule has 15 heavy (non-hydrogen) atoms. The second kappa shape index (κ2) is 4.74. The maximum atomic E-state index is 13.3. The number of benzene rings is 1. The average Bonchev–Trinajstić information content (AvgIpc) is 2.24. The summed E-state index contributed by atoms with van der Waals surface area (Å²) in [5, 5.41) is 8.42. The van der Waals surface area contributed by atoms with Crippen molar-refractivity contribution in [3.05, 3.63) is 28.3 Å². The minimum Gasteiger partial charge on any atom is -0.493 e. The molecule has 1 atom stereocenters. The van der Waals surface area contributed by atoms with Crippen molar-refractivity contribution < 1.29 is 18.6 Å².